The van der Waals surface area contributed by atoms with Crippen LogP contribution in [0.15, 0.2) is 36.4 Å². The number of hydrogen-bond donors (Lipinski definition) is 3. The Morgan fingerprint density at radius 3 is 2.58 bits per heavy atom. The number of carbonyl (C=O) groups excluding carboxylic acids is 3. The maximum absolute atomic E-state index is 13.0. The van der Waals surface area contributed by atoms with Crippen molar-refractivity contribution in [3.63, 3.8) is 0 Å². The lowest BCUT2D eigenvalue weighted by Crippen LogP contribution is -2.27. The molecule has 0 saturated heterocycles. The van der Waals surface area contributed by atoms with E-state index >= 15 is 0 Å². The van der Waals surface area contributed by atoms with Gasteiger partial charge in [0.05, 0.1) is 5.56 Å². The van der Waals surface area contributed by atoms with Gasteiger partial charge in [-0.1, -0.05) is 6.07 Å². The molecule has 0 aliphatic heterocycles. The molecule has 0 spiro atoms. The molecule has 1 fully saturated rings. The van der Waals surface area contributed by atoms with E-state index in [1.807, 2.05) is 32.0 Å². The lowest BCUT2D eigenvalue weighted by molar-refractivity contribution is -0.116. The van der Waals surface area contributed by atoms with E-state index in [4.69, 9.17) is 0 Å². The molecule has 4 rings (SSSR count). The second-order valence-corrected chi connectivity index (χ2v) is 7.73. The van der Waals surface area contributed by atoms with Gasteiger partial charge in [-0.05, 0) is 57.0 Å². The summed E-state index contributed by atoms with van der Waals surface area (Å²) in [7, 11) is 0. The number of aromatic nitrogens is 2. The van der Waals surface area contributed by atoms with Gasteiger partial charge in [0.2, 0.25) is 5.91 Å². The van der Waals surface area contributed by atoms with Gasteiger partial charge >= 0.3 is 0 Å². The van der Waals surface area contributed by atoms with Crippen molar-refractivity contribution in [3.8, 4) is 0 Å². The second kappa shape index (κ2) is 8.22. The van der Waals surface area contributed by atoms with E-state index in [1.54, 1.807) is 23.1 Å². The molecular weight excluding hydrogens is 394 g/mol. The lowest BCUT2D eigenvalue weighted by atomic mass is 10.1. The summed E-state index contributed by atoms with van der Waals surface area (Å²) in [6.45, 7) is 5.75. The van der Waals surface area contributed by atoms with Crippen molar-refractivity contribution in [1.82, 2.24) is 15.3 Å². The minimum absolute atomic E-state index is 0.0702. The second-order valence-electron chi connectivity index (χ2n) is 7.73. The fraction of sp³-hybridized carbons (Fsp3) is 0.304. The highest BCUT2D eigenvalue weighted by atomic mass is 16.2. The van der Waals surface area contributed by atoms with Gasteiger partial charge in [-0.2, -0.15) is 0 Å². The van der Waals surface area contributed by atoms with Gasteiger partial charge in [0.1, 0.15) is 11.5 Å². The van der Waals surface area contributed by atoms with Crippen LogP contribution < -0.4 is 15.5 Å². The number of H-pyrrole nitrogens is 1. The van der Waals surface area contributed by atoms with E-state index in [1.165, 1.54) is 6.92 Å². The van der Waals surface area contributed by atoms with E-state index in [0.29, 0.717) is 28.8 Å². The quantitative estimate of drug-likeness (QED) is 0.569. The molecule has 3 N–H and O–H groups in total. The van der Waals surface area contributed by atoms with Gasteiger partial charge in [-0.3, -0.25) is 14.4 Å². The van der Waals surface area contributed by atoms with Crippen LogP contribution in [-0.2, 0) is 4.79 Å². The Morgan fingerprint density at radius 2 is 1.94 bits per heavy atom. The first-order valence-electron chi connectivity index (χ1n) is 10.4. The Morgan fingerprint density at radius 1 is 1.16 bits per heavy atom. The summed E-state index contributed by atoms with van der Waals surface area (Å²) in [5, 5.41) is 6.47. The molecule has 2 aromatic heterocycles. The molecule has 0 atom stereocenters. The molecule has 1 aromatic carbocycles. The number of anilines is 2. The molecule has 1 saturated carbocycles. The van der Waals surface area contributed by atoms with Gasteiger partial charge in [0, 0.05) is 41.8 Å². The Labute approximate surface area is 180 Å². The number of nitrogens with one attached hydrogen (secondary N) is 3. The summed E-state index contributed by atoms with van der Waals surface area (Å²) < 4.78 is 0. The third-order valence-corrected chi connectivity index (χ3v) is 5.29. The van der Waals surface area contributed by atoms with E-state index in [0.717, 1.165) is 24.2 Å². The average Bonchev–Trinajstić information content (AvgIpc) is 3.46. The van der Waals surface area contributed by atoms with E-state index in [2.05, 4.69) is 20.6 Å². The molecule has 0 bridgehead atoms. The van der Waals surface area contributed by atoms with Crippen LogP contribution in [0.1, 0.15) is 53.2 Å². The zero-order valence-corrected chi connectivity index (χ0v) is 17.8. The van der Waals surface area contributed by atoms with Crippen LogP contribution >= 0.6 is 0 Å². The predicted molar refractivity (Wildman–Crippen MR) is 119 cm³/mol. The van der Waals surface area contributed by atoms with Crippen molar-refractivity contribution in [2.24, 2.45) is 0 Å². The average molecular weight is 419 g/mol. The molecule has 160 valence electrons. The first kappa shape index (κ1) is 20.6. The van der Waals surface area contributed by atoms with Gasteiger partial charge in [0.25, 0.3) is 11.8 Å². The molecule has 1 aliphatic carbocycles. The highest BCUT2D eigenvalue weighted by molar-refractivity contribution is 6.15. The third-order valence-electron chi connectivity index (χ3n) is 5.29. The molecule has 2 heterocycles. The Balaban J connectivity index is 1.75. The highest BCUT2D eigenvalue weighted by Gasteiger charge is 2.28. The summed E-state index contributed by atoms with van der Waals surface area (Å²) in [6.07, 6.45) is 1.91. The van der Waals surface area contributed by atoms with Crippen LogP contribution in [0.4, 0.5) is 11.5 Å². The SMILES string of the molecule is CCN(C(C)=O)c1ccc2c(C(=O)NC3CC3)c(NC(=O)c3cccc(C)n3)[nH]c2c1. The monoisotopic (exact) mass is 419 g/mol. The Kier molecular flexibility index (Phi) is 5.46. The number of pyridine rings is 1. The third kappa shape index (κ3) is 4.28. The minimum Gasteiger partial charge on any atom is -0.349 e. The van der Waals surface area contributed by atoms with Crippen LogP contribution in [0.25, 0.3) is 10.9 Å². The number of hydrogen-bond acceptors (Lipinski definition) is 4. The van der Waals surface area contributed by atoms with Crippen LogP contribution in [0.5, 0.6) is 0 Å². The molecule has 3 aromatic rings. The molecule has 8 nitrogen and oxygen atoms in total. The standard InChI is InChI=1S/C23H25N5O3/c1-4-28(14(3)29)16-10-11-17-19(12-16)26-21(20(17)23(31)25-15-8-9-15)27-22(30)18-7-5-6-13(2)24-18/h5-7,10-12,15,26H,4,8-9H2,1-3H3,(H,25,31)(H,27,30). The number of aryl methyl sites for hydroxylation is 1. The van der Waals surface area contributed by atoms with Gasteiger partial charge in [-0.25, -0.2) is 4.98 Å². The van der Waals surface area contributed by atoms with Gasteiger partial charge < -0.3 is 20.5 Å². The molecule has 0 unspecified atom stereocenters. The number of benzene rings is 1. The number of aromatic amines is 1. The number of amides is 3. The summed E-state index contributed by atoms with van der Waals surface area (Å²) in [4.78, 5) is 46.8. The smallest absolute Gasteiger partial charge is 0.275 e. The van der Waals surface area contributed by atoms with Crippen LogP contribution in [0, 0.1) is 6.92 Å². The molecule has 0 radical (unpaired) electrons. The van der Waals surface area contributed by atoms with Crippen molar-refractivity contribution in [3.05, 3.63) is 53.3 Å². The van der Waals surface area contributed by atoms with Crippen molar-refractivity contribution >= 4 is 40.1 Å². The minimum atomic E-state index is -0.408. The van der Waals surface area contributed by atoms with Crippen molar-refractivity contribution < 1.29 is 14.4 Å². The van der Waals surface area contributed by atoms with Crippen LogP contribution in [0.2, 0.25) is 0 Å². The predicted octanol–water partition coefficient (Wildman–Crippen LogP) is 3.39. The van der Waals surface area contributed by atoms with Crippen molar-refractivity contribution in [1.29, 1.82) is 0 Å². The number of rotatable bonds is 6. The largest absolute Gasteiger partial charge is 0.349 e. The number of fused-ring (bicyclic) bond motifs is 1. The summed E-state index contributed by atoms with van der Waals surface area (Å²) in [6, 6.07) is 10.8. The van der Waals surface area contributed by atoms with E-state index in [9.17, 15) is 14.4 Å². The molecule has 1 aliphatic rings. The summed E-state index contributed by atoms with van der Waals surface area (Å²) >= 11 is 0. The van der Waals surface area contributed by atoms with Crippen LogP contribution in [-0.4, -0.2) is 40.3 Å². The summed E-state index contributed by atoms with van der Waals surface area (Å²) in [5.41, 5.74) is 2.74. The first-order chi connectivity index (χ1) is 14.9. The zero-order valence-electron chi connectivity index (χ0n) is 17.8. The Bertz CT molecular complexity index is 1180. The first-order valence-corrected chi connectivity index (χ1v) is 10.4. The fourth-order valence-electron chi connectivity index (χ4n) is 3.60. The van der Waals surface area contributed by atoms with Gasteiger partial charge in [0.15, 0.2) is 0 Å². The van der Waals surface area contributed by atoms with Crippen LogP contribution in [0.3, 0.4) is 0 Å². The summed E-state index contributed by atoms with van der Waals surface area (Å²) in [5.74, 6) is -0.411. The maximum Gasteiger partial charge on any atom is 0.275 e. The number of nitrogens with zero attached hydrogens (tertiary/aromatic N) is 2. The molecule has 3 amide bonds. The fourth-order valence-corrected chi connectivity index (χ4v) is 3.60. The topological polar surface area (TPSA) is 107 Å². The van der Waals surface area contributed by atoms with E-state index < -0.39 is 5.91 Å². The molecular formula is C23H25N5O3. The Hall–Kier alpha value is -3.68. The van der Waals surface area contributed by atoms with Gasteiger partial charge in [-0.15, -0.1) is 0 Å². The highest BCUT2D eigenvalue weighted by Crippen LogP contribution is 2.31. The number of carbonyl (C=O) groups is 3. The lowest BCUT2D eigenvalue weighted by Gasteiger charge is -2.18. The molecule has 8 heteroatoms. The van der Waals surface area contributed by atoms with Crippen molar-refractivity contribution in [2.45, 2.75) is 39.7 Å². The van der Waals surface area contributed by atoms with Crippen molar-refractivity contribution in [2.75, 3.05) is 16.8 Å². The molecule has 31 heavy (non-hydrogen) atoms. The zero-order chi connectivity index (χ0) is 22.1. The maximum atomic E-state index is 13.0. The normalized spacial score (nSPS) is 13.1. The van der Waals surface area contributed by atoms with E-state index in [-0.39, 0.29) is 23.6 Å².